The molecule has 8 nitrogen and oxygen atoms in total. The number of aliphatic hydroxyl groups excluding tert-OH is 4. The molecule has 0 saturated heterocycles. The van der Waals surface area contributed by atoms with E-state index < -0.39 is 0 Å². The van der Waals surface area contributed by atoms with Crippen molar-refractivity contribution >= 4 is 0 Å². The van der Waals surface area contributed by atoms with Crippen molar-refractivity contribution in [1.82, 2.24) is 0 Å². The molecule has 284 valence electrons. The summed E-state index contributed by atoms with van der Waals surface area (Å²) < 4.78 is 0. The molecule has 0 saturated carbocycles. The summed E-state index contributed by atoms with van der Waals surface area (Å²) in [5.41, 5.74) is 4.29. The molecule has 8 N–H and O–H groups in total. The van der Waals surface area contributed by atoms with Crippen molar-refractivity contribution < 1.29 is 40.9 Å². The van der Waals surface area contributed by atoms with Gasteiger partial charge in [0.25, 0.3) is 0 Å². The summed E-state index contributed by atoms with van der Waals surface area (Å²) in [5.74, 6) is 2.25. The molecule has 0 aliphatic heterocycles. The predicted molar refractivity (Wildman–Crippen MR) is 206 cm³/mol. The van der Waals surface area contributed by atoms with Crippen LogP contribution in [0.15, 0.2) is 97.1 Å². The lowest BCUT2D eigenvalue weighted by Crippen LogP contribution is -2.21. The van der Waals surface area contributed by atoms with Gasteiger partial charge in [0.05, 0.1) is 0 Å². The molecule has 0 fully saturated rings. The average molecular weight is 717 g/mol. The van der Waals surface area contributed by atoms with E-state index in [-0.39, 0.29) is 61.3 Å². The zero-order chi connectivity index (χ0) is 37.6. The number of hydrogen-bond donors (Lipinski definition) is 8. The Balaban J connectivity index is 0.000000280. The van der Waals surface area contributed by atoms with Gasteiger partial charge in [0.15, 0.2) is 0 Å². The molecule has 0 aliphatic rings. The number of aromatic hydroxyl groups is 4. The quantitative estimate of drug-likeness (QED) is 0.0393. The van der Waals surface area contributed by atoms with E-state index in [9.17, 15) is 30.6 Å². The van der Waals surface area contributed by atoms with Gasteiger partial charge >= 0.3 is 0 Å². The van der Waals surface area contributed by atoms with Crippen LogP contribution in [0.4, 0.5) is 0 Å². The minimum absolute atomic E-state index is 0.125. The highest BCUT2D eigenvalue weighted by molar-refractivity contribution is 5.30. The smallest absolute Gasteiger partial charge is 0.115 e. The average Bonchev–Trinajstić information content (AvgIpc) is 3.11. The van der Waals surface area contributed by atoms with Gasteiger partial charge in [-0.25, -0.2) is 0 Å². The zero-order valence-corrected chi connectivity index (χ0v) is 30.4. The van der Waals surface area contributed by atoms with Gasteiger partial charge < -0.3 is 40.9 Å². The third-order valence-electron chi connectivity index (χ3n) is 9.93. The lowest BCUT2D eigenvalue weighted by atomic mass is 9.78. The zero-order valence-electron chi connectivity index (χ0n) is 30.4. The van der Waals surface area contributed by atoms with Crippen LogP contribution >= 0.6 is 0 Å². The highest BCUT2D eigenvalue weighted by atomic mass is 16.3. The third-order valence-corrected chi connectivity index (χ3v) is 9.93. The second-order valence-corrected chi connectivity index (χ2v) is 14.0. The molecular weight excluding hydrogens is 656 g/mol. The minimum Gasteiger partial charge on any atom is -0.508 e. The molecule has 0 spiro atoms. The van der Waals surface area contributed by atoms with Crippen LogP contribution in [0.2, 0.25) is 0 Å². The van der Waals surface area contributed by atoms with Crippen LogP contribution in [-0.4, -0.2) is 67.3 Å². The maximum atomic E-state index is 9.75. The van der Waals surface area contributed by atoms with Crippen molar-refractivity contribution in [3.63, 3.8) is 0 Å². The summed E-state index contributed by atoms with van der Waals surface area (Å²) in [5, 5.41) is 76.3. The van der Waals surface area contributed by atoms with Gasteiger partial charge in [-0.2, -0.15) is 0 Å². The van der Waals surface area contributed by atoms with E-state index >= 15 is 0 Å². The molecule has 8 heteroatoms. The summed E-state index contributed by atoms with van der Waals surface area (Å²) in [7, 11) is 0. The first-order valence-electron chi connectivity index (χ1n) is 18.8. The number of rotatable bonds is 22. The Hall–Kier alpha value is -4.08. The van der Waals surface area contributed by atoms with Crippen LogP contribution in [-0.2, 0) is 25.7 Å². The van der Waals surface area contributed by atoms with Crippen molar-refractivity contribution in [2.45, 2.75) is 77.0 Å². The molecule has 0 aliphatic carbocycles. The number of hydrogen-bond acceptors (Lipinski definition) is 8. The van der Waals surface area contributed by atoms with Gasteiger partial charge in [0.1, 0.15) is 23.0 Å². The molecule has 52 heavy (non-hydrogen) atoms. The summed E-state index contributed by atoms with van der Waals surface area (Å²) in [6.45, 7) is 0.631. The van der Waals surface area contributed by atoms with Crippen molar-refractivity contribution in [3.05, 3.63) is 119 Å². The summed E-state index contributed by atoms with van der Waals surface area (Å²) in [4.78, 5) is 0. The Labute approximate surface area is 309 Å². The van der Waals surface area contributed by atoms with Crippen LogP contribution < -0.4 is 0 Å². The van der Waals surface area contributed by atoms with E-state index in [1.165, 1.54) is 0 Å². The fourth-order valence-electron chi connectivity index (χ4n) is 7.33. The largest absolute Gasteiger partial charge is 0.508 e. The van der Waals surface area contributed by atoms with Crippen molar-refractivity contribution in [3.8, 4) is 23.0 Å². The summed E-state index contributed by atoms with van der Waals surface area (Å²) in [6, 6.07) is 29.2. The molecule has 0 unspecified atom stereocenters. The van der Waals surface area contributed by atoms with Gasteiger partial charge in [-0.1, -0.05) is 61.4 Å². The lowest BCUT2D eigenvalue weighted by molar-refractivity contribution is 0.203. The Bertz CT molecular complexity index is 1430. The molecular formula is C44H60O8. The fraction of sp³-hybridized carbons (Fsp3) is 0.455. The first kappa shape index (κ1) is 42.3. The molecule has 0 heterocycles. The molecule has 4 atom stereocenters. The summed E-state index contributed by atoms with van der Waals surface area (Å²) >= 11 is 0. The van der Waals surface area contributed by atoms with Crippen LogP contribution in [0.1, 0.15) is 73.6 Å². The van der Waals surface area contributed by atoms with E-state index in [1.807, 2.05) is 48.5 Å². The van der Waals surface area contributed by atoms with Gasteiger partial charge in [0.2, 0.25) is 0 Å². The molecule has 0 radical (unpaired) electrons. The van der Waals surface area contributed by atoms with Gasteiger partial charge in [0, 0.05) is 26.4 Å². The topological polar surface area (TPSA) is 162 Å². The van der Waals surface area contributed by atoms with Gasteiger partial charge in [-0.3, -0.25) is 0 Å². The van der Waals surface area contributed by atoms with E-state index in [0.717, 1.165) is 86.5 Å². The maximum absolute atomic E-state index is 9.75. The lowest BCUT2D eigenvalue weighted by Gasteiger charge is -2.27. The van der Waals surface area contributed by atoms with Crippen LogP contribution in [0.25, 0.3) is 0 Å². The Morgan fingerprint density at radius 2 is 0.596 bits per heavy atom. The monoisotopic (exact) mass is 716 g/mol. The first-order chi connectivity index (χ1) is 25.2. The van der Waals surface area contributed by atoms with E-state index in [1.54, 1.807) is 48.5 Å². The normalized spacial score (nSPS) is 13.5. The number of phenolic OH excluding ortho intramolecular Hbond substituents is 4. The van der Waals surface area contributed by atoms with Crippen LogP contribution in [0.3, 0.4) is 0 Å². The van der Waals surface area contributed by atoms with Gasteiger partial charge in [-0.05, 0) is 159 Å². The Morgan fingerprint density at radius 1 is 0.327 bits per heavy atom. The highest BCUT2D eigenvalue weighted by Crippen LogP contribution is 2.32. The van der Waals surface area contributed by atoms with E-state index in [4.69, 9.17) is 10.2 Å². The standard InChI is InChI=1S/2C22H30O4/c2*23-11-2-1-7-19(13-17-5-3-8-21(25)15-17)20(10-12-24)14-18-6-4-9-22(26)16-18/h2*3-6,8-9,15-16,19-20,23-26H,1-2,7,10-14H2/t2*19-,20-/m10/s1. The highest BCUT2D eigenvalue weighted by Gasteiger charge is 2.24. The molecule has 4 rings (SSSR count). The van der Waals surface area contributed by atoms with Crippen molar-refractivity contribution in [2.24, 2.45) is 23.7 Å². The van der Waals surface area contributed by atoms with Crippen molar-refractivity contribution in [2.75, 3.05) is 26.4 Å². The van der Waals surface area contributed by atoms with Gasteiger partial charge in [-0.15, -0.1) is 0 Å². The maximum Gasteiger partial charge on any atom is 0.115 e. The van der Waals surface area contributed by atoms with E-state index in [2.05, 4.69) is 0 Å². The van der Waals surface area contributed by atoms with Crippen molar-refractivity contribution in [1.29, 1.82) is 0 Å². The fourth-order valence-corrected chi connectivity index (χ4v) is 7.33. The minimum atomic E-state index is 0.125. The second-order valence-electron chi connectivity index (χ2n) is 14.0. The SMILES string of the molecule is OCCCC[C@@H](Cc1cccc(O)c1)[C@@H](CCO)Cc1cccc(O)c1.OCCCC[C@H](Cc1cccc(O)c1)[C@H](CCO)Cc1cccc(O)c1. The Kier molecular flexibility index (Phi) is 19.7. The van der Waals surface area contributed by atoms with E-state index in [0.29, 0.717) is 24.7 Å². The molecule has 0 amide bonds. The molecule has 4 aromatic carbocycles. The third kappa shape index (κ3) is 16.1. The molecule has 0 bridgehead atoms. The molecule has 0 aromatic heterocycles. The number of aliphatic hydroxyl groups is 4. The summed E-state index contributed by atoms with van der Waals surface area (Å²) in [6.07, 6.45) is 9.94. The number of phenols is 4. The van der Waals surface area contributed by atoms with Crippen LogP contribution in [0, 0.1) is 23.7 Å². The molecule has 4 aromatic rings. The van der Waals surface area contributed by atoms with Crippen LogP contribution in [0.5, 0.6) is 23.0 Å². The predicted octanol–water partition coefficient (Wildman–Crippen LogP) is 7.32. The second kappa shape index (κ2) is 24.2. The number of unbranched alkanes of at least 4 members (excludes halogenated alkanes) is 2. The first-order valence-corrected chi connectivity index (χ1v) is 18.8. The Morgan fingerprint density at radius 3 is 0.827 bits per heavy atom. The number of benzene rings is 4.